The monoisotopic (exact) mass is 133 g/mol. The molecule has 0 amide bonds. The number of aliphatic hydroxyl groups excluding tert-OH is 1. The largest absolute Gasteiger partial charge is 0.395 e. The molecular weight excluding hydrogens is 118 g/mol. The van der Waals surface area contributed by atoms with Crippen molar-refractivity contribution in [2.24, 2.45) is 0 Å². The van der Waals surface area contributed by atoms with Crippen LogP contribution in [0.5, 0.6) is 0 Å². The highest BCUT2D eigenvalue weighted by molar-refractivity contribution is 4.66. The van der Waals surface area contributed by atoms with Crippen LogP contribution in [0.4, 0.5) is 0 Å². The van der Waals surface area contributed by atoms with Crippen molar-refractivity contribution >= 4 is 0 Å². The minimum Gasteiger partial charge on any atom is -0.395 e. The minimum atomic E-state index is -1.73. The summed E-state index contributed by atoms with van der Waals surface area (Å²) in [4.78, 5) is 0. The zero-order valence-corrected chi connectivity index (χ0v) is 5.26. The maximum atomic E-state index is 8.77. The van der Waals surface area contributed by atoms with Crippen LogP contribution in [0.3, 0.4) is 0 Å². The molecule has 0 saturated carbocycles. The van der Waals surface area contributed by atoms with Gasteiger partial charge in [-0.2, -0.15) is 0 Å². The molecule has 0 aromatic heterocycles. The van der Waals surface area contributed by atoms with E-state index in [4.69, 9.17) is 12.6 Å². The maximum Gasteiger partial charge on any atom is 0.0642 e. The zero-order chi connectivity index (χ0) is 8.32. The number of rotatable bonds is 1. The molecule has 0 bridgehead atoms. The molecule has 3 nitrogen and oxygen atoms in total. The highest BCUT2D eigenvalue weighted by Gasteiger charge is 2.08. The van der Waals surface area contributed by atoms with Gasteiger partial charge in [0.25, 0.3) is 0 Å². The van der Waals surface area contributed by atoms with Crippen LogP contribution in [0, 0.1) is 0 Å². The Balaban J connectivity index is 2.56. The molecule has 1 fully saturated rings. The smallest absolute Gasteiger partial charge is 0.0642 e. The fraction of sp³-hybridized carbons (Fsp3) is 1.00. The van der Waals surface area contributed by atoms with Crippen LogP contribution in [0.2, 0.25) is 0 Å². The molecule has 3 heteroatoms. The van der Waals surface area contributed by atoms with Gasteiger partial charge in [0.05, 0.1) is 21.9 Å². The van der Waals surface area contributed by atoms with Gasteiger partial charge in [-0.15, -0.1) is 0 Å². The van der Waals surface area contributed by atoms with E-state index in [2.05, 4.69) is 5.32 Å². The summed E-state index contributed by atoms with van der Waals surface area (Å²) < 4.78 is 19.6. The predicted molar refractivity (Wildman–Crippen MR) is 34.3 cm³/mol. The molecule has 1 atom stereocenters. The standard InChI is InChI=1S/C6H13NO2/c8-4-6-5-9-3-1-2-7-6/h6-8H,1-5H2/t6-/m1/s1/i5D2. The molecule has 1 saturated heterocycles. The van der Waals surface area contributed by atoms with Crippen LogP contribution in [0.25, 0.3) is 0 Å². The van der Waals surface area contributed by atoms with Gasteiger partial charge in [0.15, 0.2) is 0 Å². The quantitative estimate of drug-likeness (QED) is 0.500. The van der Waals surface area contributed by atoms with Gasteiger partial charge in [-0.25, -0.2) is 0 Å². The topological polar surface area (TPSA) is 41.5 Å². The third-order valence-electron chi connectivity index (χ3n) is 1.22. The lowest BCUT2D eigenvalue weighted by Crippen LogP contribution is -2.34. The first kappa shape index (κ1) is 4.66. The lowest BCUT2D eigenvalue weighted by molar-refractivity contribution is 0.109. The summed E-state index contributed by atoms with van der Waals surface area (Å²) in [5.41, 5.74) is 0. The van der Waals surface area contributed by atoms with E-state index in [-0.39, 0.29) is 6.61 Å². The summed E-state index contributed by atoms with van der Waals surface area (Å²) >= 11 is 0. The summed E-state index contributed by atoms with van der Waals surface area (Å²) in [5, 5.41) is 11.6. The molecule has 1 rings (SSSR count). The van der Waals surface area contributed by atoms with E-state index in [1.54, 1.807) is 0 Å². The van der Waals surface area contributed by atoms with Crippen molar-refractivity contribution < 1.29 is 12.6 Å². The first-order valence-electron chi connectivity index (χ1n) is 4.15. The Labute approximate surface area is 57.8 Å². The summed E-state index contributed by atoms with van der Waals surface area (Å²) in [6, 6.07) is -0.593. The Bertz CT molecular complexity index is 132. The molecule has 54 valence electrons. The molecule has 1 heterocycles. The molecule has 9 heavy (non-hydrogen) atoms. The normalized spacial score (nSPS) is 38.6. The molecule has 1 aliphatic rings. The van der Waals surface area contributed by atoms with E-state index in [9.17, 15) is 0 Å². The van der Waals surface area contributed by atoms with Crippen LogP contribution in [-0.4, -0.2) is 37.5 Å². The van der Waals surface area contributed by atoms with Gasteiger partial charge in [0, 0.05) is 6.61 Å². The van der Waals surface area contributed by atoms with Crippen LogP contribution >= 0.6 is 0 Å². The predicted octanol–water partition coefficient (Wildman–Crippen LogP) is -0.643. The molecule has 0 aromatic carbocycles. The van der Waals surface area contributed by atoms with Crippen LogP contribution in [0.1, 0.15) is 9.16 Å². The van der Waals surface area contributed by atoms with Gasteiger partial charge in [-0.1, -0.05) is 0 Å². The number of hydrogen-bond acceptors (Lipinski definition) is 3. The van der Waals surface area contributed by atoms with E-state index in [1.165, 1.54) is 0 Å². The van der Waals surface area contributed by atoms with E-state index in [0.29, 0.717) is 13.2 Å². The number of hydrogen-bond donors (Lipinski definition) is 2. The summed E-state index contributed by atoms with van der Waals surface area (Å²) in [5.74, 6) is 0. The number of aliphatic hydroxyl groups is 1. The average molecular weight is 133 g/mol. The van der Waals surface area contributed by atoms with Crippen LogP contribution in [0.15, 0.2) is 0 Å². The highest BCUT2D eigenvalue weighted by Crippen LogP contribution is 1.92. The van der Waals surface area contributed by atoms with E-state index < -0.39 is 12.6 Å². The Morgan fingerprint density at radius 1 is 1.89 bits per heavy atom. The van der Waals surface area contributed by atoms with Crippen molar-refractivity contribution in [1.82, 2.24) is 5.32 Å². The highest BCUT2D eigenvalue weighted by atomic mass is 16.5. The van der Waals surface area contributed by atoms with E-state index >= 15 is 0 Å². The van der Waals surface area contributed by atoms with Crippen LogP contribution < -0.4 is 5.32 Å². The summed E-state index contributed by atoms with van der Waals surface area (Å²) in [7, 11) is 0. The second-order valence-corrected chi connectivity index (χ2v) is 2.01. The fourth-order valence-electron chi connectivity index (χ4n) is 0.724. The van der Waals surface area contributed by atoms with Crippen molar-refractivity contribution in [3.05, 3.63) is 0 Å². The summed E-state index contributed by atoms with van der Waals surface area (Å²) in [6.45, 7) is -0.848. The molecule has 1 aliphatic heterocycles. The van der Waals surface area contributed by atoms with Crippen molar-refractivity contribution in [3.8, 4) is 0 Å². The molecule has 0 aromatic rings. The second-order valence-electron chi connectivity index (χ2n) is 2.01. The molecule has 0 unspecified atom stereocenters. The number of ether oxygens (including phenoxy) is 1. The first-order valence-corrected chi connectivity index (χ1v) is 3.15. The Hall–Kier alpha value is -0.120. The zero-order valence-electron chi connectivity index (χ0n) is 7.26. The fourth-order valence-corrected chi connectivity index (χ4v) is 0.724. The average Bonchev–Trinajstić information content (AvgIpc) is 2.10. The Morgan fingerprint density at radius 2 is 2.78 bits per heavy atom. The third-order valence-corrected chi connectivity index (χ3v) is 1.22. The molecular formula is C6H13NO2. The van der Waals surface area contributed by atoms with Crippen molar-refractivity contribution in [2.75, 3.05) is 26.3 Å². The lowest BCUT2D eigenvalue weighted by atomic mass is 10.3. The van der Waals surface area contributed by atoms with Gasteiger partial charge in [-0.3, -0.25) is 0 Å². The van der Waals surface area contributed by atoms with Crippen molar-refractivity contribution in [1.29, 1.82) is 0 Å². The lowest BCUT2D eigenvalue weighted by Gasteiger charge is -2.09. The minimum absolute atomic E-state index is 0.229. The van der Waals surface area contributed by atoms with Gasteiger partial charge < -0.3 is 15.2 Å². The van der Waals surface area contributed by atoms with Crippen molar-refractivity contribution in [3.63, 3.8) is 0 Å². The van der Waals surface area contributed by atoms with Crippen LogP contribution in [-0.2, 0) is 4.74 Å². The molecule has 0 aliphatic carbocycles. The van der Waals surface area contributed by atoms with Crippen molar-refractivity contribution in [2.45, 2.75) is 12.5 Å². The maximum absolute atomic E-state index is 8.77. The molecule has 2 N–H and O–H groups in total. The molecule has 0 radical (unpaired) electrons. The van der Waals surface area contributed by atoms with Gasteiger partial charge in [0.2, 0.25) is 0 Å². The van der Waals surface area contributed by atoms with Gasteiger partial charge in [-0.05, 0) is 13.0 Å². The Kier molecular flexibility index (Phi) is 1.98. The summed E-state index contributed by atoms with van der Waals surface area (Å²) in [6.07, 6.45) is 0.788. The van der Waals surface area contributed by atoms with Gasteiger partial charge in [0.1, 0.15) is 0 Å². The molecule has 0 spiro atoms. The van der Waals surface area contributed by atoms with Gasteiger partial charge >= 0.3 is 0 Å². The van der Waals surface area contributed by atoms with E-state index in [1.807, 2.05) is 0 Å². The third kappa shape index (κ3) is 2.30. The first-order chi connectivity index (χ1) is 5.17. The Morgan fingerprint density at radius 3 is 3.56 bits per heavy atom. The SMILES string of the molecule is [2H]C1([2H])OCCCN[C@@H]1CO. The number of nitrogens with one attached hydrogen (secondary N) is 1. The second kappa shape index (κ2) is 3.82. The van der Waals surface area contributed by atoms with E-state index in [0.717, 1.165) is 6.42 Å².